The molecule has 1 aromatic carbocycles. The molecule has 0 fully saturated rings. The Bertz CT molecular complexity index is 1180. The summed E-state index contributed by atoms with van der Waals surface area (Å²) in [4.78, 5) is 34.8. The van der Waals surface area contributed by atoms with Crippen molar-refractivity contribution in [2.45, 2.75) is 39.7 Å². The van der Waals surface area contributed by atoms with Gasteiger partial charge in [0, 0.05) is 63.8 Å². The van der Waals surface area contributed by atoms with Gasteiger partial charge >= 0.3 is 0 Å². The molecule has 3 heterocycles. The quantitative estimate of drug-likeness (QED) is 0.542. The van der Waals surface area contributed by atoms with Crippen LogP contribution in [0.3, 0.4) is 0 Å². The van der Waals surface area contributed by atoms with E-state index in [2.05, 4.69) is 35.3 Å². The van der Waals surface area contributed by atoms with E-state index in [4.69, 9.17) is 0 Å². The molecule has 0 atom stereocenters. The average molecular weight is 515 g/mol. The van der Waals surface area contributed by atoms with E-state index in [0.717, 1.165) is 16.8 Å². The van der Waals surface area contributed by atoms with Crippen molar-refractivity contribution in [3.05, 3.63) is 59.5 Å². The number of para-hydroxylation sites is 1. The summed E-state index contributed by atoms with van der Waals surface area (Å²) >= 11 is 0. The smallest absolute Gasteiger partial charge is 0.259 e. The highest BCUT2D eigenvalue weighted by molar-refractivity contribution is 5.99. The van der Waals surface area contributed by atoms with Crippen molar-refractivity contribution in [3.63, 3.8) is 0 Å². The number of rotatable bonds is 5. The monoisotopic (exact) mass is 514 g/mol. The fourth-order valence-corrected chi connectivity index (χ4v) is 4.43. The lowest BCUT2D eigenvalue weighted by Crippen LogP contribution is -2.39. The number of hydrogen-bond donors (Lipinski definition) is 2. The largest absolute Gasteiger partial charge is 0.396 e. The van der Waals surface area contributed by atoms with E-state index < -0.39 is 0 Å². The van der Waals surface area contributed by atoms with E-state index in [1.165, 1.54) is 0 Å². The summed E-state index contributed by atoms with van der Waals surface area (Å²) in [6, 6.07) is 8.01. The summed E-state index contributed by atoms with van der Waals surface area (Å²) in [7, 11) is 0. The third-order valence-electron chi connectivity index (χ3n) is 6.18. The Kier molecular flexibility index (Phi) is 9.81. The molecule has 9 nitrogen and oxygen atoms in total. The van der Waals surface area contributed by atoms with Gasteiger partial charge in [0.05, 0.1) is 6.20 Å². The van der Waals surface area contributed by atoms with Gasteiger partial charge in [-0.2, -0.15) is 5.10 Å². The van der Waals surface area contributed by atoms with Crippen molar-refractivity contribution in [3.8, 4) is 0 Å². The molecule has 194 valence electrons. The third-order valence-corrected chi connectivity index (χ3v) is 6.18. The number of benzene rings is 1. The lowest BCUT2D eigenvalue weighted by molar-refractivity contribution is -0.119. The summed E-state index contributed by atoms with van der Waals surface area (Å²) in [5, 5.41) is 16.9. The Morgan fingerprint density at radius 1 is 1.14 bits per heavy atom. The van der Waals surface area contributed by atoms with E-state index in [1.54, 1.807) is 23.1 Å². The highest BCUT2D eigenvalue weighted by atomic mass is 35.5. The van der Waals surface area contributed by atoms with E-state index in [9.17, 15) is 14.7 Å². The lowest BCUT2D eigenvalue weighted by Gasteiger charge is -2.27. The van der Waals surface area contributed by atoms with Crippen molar-refractivity contribution < 1.29 is 14.7 Å². The molecule has 4 rings (SSSR count). The Balaban J connectivity index is 0.00000361. The number of nitrogens with zero attached hydrogens (tertiary/aromatic N) is 5. The second kappa shape index (κ2) is 12.8. The number of carbonyl (C=O) groups excluding carboxylic acids is 2. The first-order valence-corrected chi connectivity index (χ1v) is 12.3. The first-order valence-electron chi connectivity index (χ1n) is 12.3. The maximum atomic E-state index is 13.5. The van der Waals surface area contributed by atoms with Crippen molar-refractivity contribution >= 4 is 35.6 Å². The van der Waals surface area contributed by atoms with Crippen LogP contribution in [0.1, 0.15) is 48.2 Å². The minimum atomic E-state index is -0.124. The SMILES string of the molecule is CC(C)CC(=O)N1CCCN(C(=O)c2cnn3cc(CCO)cnc23)CCNCc2ccccc21.Cl. The van der Waals surface area contributed by atoms with Gasteiger partial charge in [0.25, 0.3) is 5.91 Å². The Hall–Kier alpha value is -3.01. The minimum absolute atomic E-state index is 0. The number of halogens is 1. The molecule has 0 unspecified atom stereocenters. The zero-order chi connectivity index (χ0) is 24.8. The molecule has 2 aromatic heterocycles. The summed E-state index contributed by atoms with van der Waals surface area (Å²) in [6.45, 7) is 6.99. The molecule has 0 aliphatic carbocycles. The van der Waals surface area contributed by atoms with Crippen LogP contribution in [-0.2, 0) is 17.8 Å². The molecule has 2 amide bonds. The van der Waals surface area contributed by atoms with E-state index in [-0.39, 0.29) is 36.7 Å². The summed E-state index contributed by atoms with van der Waals surface area (Å²) in [6.07, 6.45) is 6.65. The van der Waals surface area contributed by atoms with Crippen LogP contribution < -0.4 is 10.2 Å². The summed E-state index contributed by atoms with van der Waals surface area (Å²) in [5.74, 6) is 0.251. The second-order valence-electron chi connectivity index (χ2n) is 9.36. The van der Waals surface area contributed by atoms with Gasteiger partial charge in [-0.1, -0.05) is 32.0 Å². The van der Waals surface area contributed by atoms with Gasteiger partial charge in [0.1, 0.15) is 5.56 Å². The number of anilines is 1. The average Bonchev–Trinajstić information content (AvgIpc) is 3.24. The van der Waals surface area contributed by atoms with Crippen LogP contribution in [0.15, 0.2) is 42.9 Å². The zero-order valence-electron chi connectivity index (χ0n) is 20.9. The van der Waals surface area contributed by atoms with E-state index >= 15 is 0 Å². The van der Waals surface area contributed by atoms with Gasteiger partial charge in [-0.05, 0) is 36.0 Å². The Morgan fingerprint density at radius 3 is 2.72 bits per heavy atom. The van der Waals surface area contributed by atoms with Crippen LogP contribution in [0.2, 0.25) is 0 Å². The first-order chi connectivity index (χ1) is 17.0. The molecule has 0 spiro atoms. The maximum absolute atomic E-state index is 13.5. The standard InChI is InChI=1S/C26H34N6O3.ClH/c1-19(2)14-24(34)31-11-5-10-30(12-9-27-16-21-6-3-4-7-23(21)31)26(35)22-17-29-32-18-20(8-13-33)15-28-25(22)32;/h3-4,6-7,15,17-19,27,33H,5,8-14,16H2,1-2H3;1H. The Labute approximate surface area is 217 Å². The molecule has 0 bridgehead atoms. The predicted molar refractivity (Wildman–Crippen MR) is 142 cm³/mol. The topological polar surface area (TPSA) is 103 Å². The molecule has 1 aliphatic heterocycles. The van der Waals surface area contributed by atoms with Gasteiger partial charge in [0.15, 0.2) is 5.65 Å². The third kappa shape index (κ3) is 6.40. The molecular weight excluding hydrogens is 480 g/mol. The van der Waals surface area contributed by atoms with Crippen molar-refractivity contribution in [1.82, 2.24) is 24.8 Å². The number of fused-ring (bicyclic) bond motifs is 2. The van der Waals surface area contributed by atoms with Crippen LogP contribution in [0.4, 0.5) is 5.69 Å². The van der Waals surface area contributed by atoms with Gasteiger partial charge in [-0.25, -0.2) is 9.50 Å². The Morgan fingerprint density at radius 2 is 1.94 bits per heavy atom. The van der Waals surface area contributed by atoms with Crippen molar-refractivity contribution in [2.24, 2.45) is 5.92 Å². The summed E-state index contributed by atoms with van der Waals surface area (Å²) in [5.41, 5.74) is 3.82. The van der Waals surface area contributed by atoms with Crippen LogP contribution >= 0.6 is 12.4 Å². The molecule has 36 heavy (non-hydrogen) atoms. The second-order valence-corrected chi connectivity index (χ2v) is 9.36. The lowest BCUT2D eigenvalue weighted by atomic mass is 10.1. The van der Waals surface area contributed by atoms with Gasteiger partial charge in [-0.15, -0.1) is 12.4 Å². The molecule has 0 saturated heterocycles. The normalized spacial score (nSPS) is 14.8. The first kappa shape index (κ1) is 27.6. The molecule has 1 aliphatic rings. The fourth-order valence-electron chi connectivity index (χ4n) is 4.43. The molecular formula is C26H35ClN6O3. The van der Waals surface area contributed by atoms with Gasteiger partial charge in [-0.3, -0.25) is 9.59 Å². The number of aliphatic hydroxyl groups excluding tert-OH is 1. The van der Waals surface area contributed by atoms with Crippen LogP contribution in [-0.4, -0.2) is 69.2 Å². The zero-order valence-corrected chi connectivity index (χ0v) is 21.7. The van der Waals surface area contributed by atoms with Crippen molar-refractivity contribution in [2.75, 3.05) is 37.7 Å². The molecule has 3 aromatic rings. The van der Waals surface area contributed by atoms with Crippen LogP contribution in [0.25, 0.3) is 5.65 Å². The van der Waals surface area contributed by atoms with Crippen LogP contribution in [0, 0.1) is 5.92 Å². The number of aromatic nitrogens is 3. The number of hydrogen-bond acceptors (Lipinski definition) is 6. The van der Waals surface area contributed by atoms with E-state index in [1.807, 2.05) is 28.0 Å². The highest BCUT2D eigenvalue weighted by Gasteiger charge is 2.24. The molecule has 2 N–H and O–H groups in total. The van der Waals surface area contributed by atoms with Crippen molar-refractivity contribution in [1.29, 1.82) is 0 Å². The maximum Gasteiger partial charge on any atom is 0.259 e. The molecule has 0 radical (unpaired) electrons. The van der Waals surface area contributed by atoms with E-state index in [0.29, 0.717) is 63.2 Å². The number of amides is 2. The van der Waals surface area contributed by atoms with Gasteiger partial charge < -0.3 is 20.2 Å². The fraction of sp³-hybridized carbons (Fsp3) is 0.462. The number of nitrogens with one attached hydrogen (secondary N) is 1. The molecule has 0 saturated carbocycles. The predicted octanol–water partition coefficient (Wildman–Crippen LogP) is 2.70. The van der Waals surface area contributed by atoms with Gasteiger partial charge in [0.2, 0.25) is 5.91 Å². The number of carbonyl (C=O) groups is 2. The number of aliphatic hydroxyl groups is 1. The minimum Gasteiger partial charge on any atom is -0.396 e. The summed E-state index contributed by atoms with van der Waals surface area (Å²) < 4.78 is 1.59. The van der Waals surface area contributed by atoms with Crippen LogP contribution in [0.5, 0.6) is 0 Å². The molecule has 10 heteroatoms. The highest BCUT2D eigenvalue weighted by Crippen LogP contribution is 2.23.